The van der Waals surface area contributed by atoms with Crippen LogP contribution in [0, 0.1) is 0 Å². The largest absolute Gasteiger partial charge is 0.433 e. The molecule has 0 spiro atoms. The average Bonchev–Trinajstić information content (AvgIpc) is 2.64. The number of hydrogen-bond donors (Lipinski definition) is 3. The van der Waals surface area contributed by atoms with E-state index in [0.29, 0.717) is 24.1 Å². The Morgan fingerprint density at radius 2 is 1.89 bits per heavy atom. The van der Waals surface area contributed by atoms with Gasteiger partial charge < -0.3 is 16.0 Å². The predicted octanol–water partition coefficient (Wildman–Crippen LogP) is 3.49. The number of hydrogen-bond acceptors (Lipinski definition) is 4. The highest BCUT2D eigenvalue weighted by atomic mass is 35.5. The van der Waals surface area contributed by atoms with E-state index in [1.165, 1.54) is 0 Å². The summed E-state index contributed by atoms with van der Waals surface area (Å²) in [5.74, 6) is 0.480. The zero-order valence-electron chi connectivity index (χ0n) is 14.8. The van der Waals surface area contributed by atoms with Crippen LogP contribution in [0.4, 0.5) is 19.1 Å². The van der Waals surface area contributed by atoms with E-state index in [9.17, 15) is 13.2 Å². The molecule has 0 radical (unpaired) electrons. The number of halogens is 4. The number of nitrogens with one attached hydrogen (secondary N) is 3. The van der Waals surface area contributed by atoms with Crippen LogP contribution in [0.2, 0.25) is 5.02 Å². The fourth-order valence-corrected chi connectivity index (χ4v) is 2.32. The van der Waals surface area contributed by atoms with Gasteiger partial charge in [-0.25, -0.2) is 9.97 Å². The molecule has 0 saturated carbocycles. The summed E-state index contributed by atoms with van der Waals surface area (Å²) in [6.07, 6.45) is -3.43. The molecular formula is C17H20ClF3N6. The SMILES string of the molecule is CN=C(NCCNc1nccc(C(F)(F)F)n1)NC(C)c1ccc(Cl)cc1. The third-order valence-electron chi connectivity index (χ3n) is 3.59. The molecule has 2 rings (SSSR count). The number of benzene rings is 1. The zero-order valence-corrected chi connectivity index (χ0v) is 15.6. The highest BCUT2D eigenvalue weighted by molar-refractivity contribution is 6.30. The molecule has 146 valence electrons. The first-order chi connectivity index (χ1) is 12.8. The third-order valence-corrected chi connectivity index (χ3v) is 3.85. The van der Waals surface area contributed by atoms with Gasteiger partial charge in [-0.2, -0.15) is 13.2 Å². The lowest BCUT2D eigenvalue weighted by molar-refractivity contribution is -0.141. The molecule has 0 aliphatic carbocycles. The molecule has 6 nitrogen and oxygen atoms in total. The van der Waals surface area contributed by atoms with Crippen molar-refractivity contribution in [3.63, 3.8) is 0 Å². The fourth-order valence-electron chi connectivity index (χ4n) is 2.19. The number of guanidine groups is 1. The summed E-state index contributed by atoms with van der Waals surface area (Å²) in [6.45, 7) is 2.70. The Hall–Kier alpha value is -2.55. The van der Waals surface area contributed by atoms with E-state index >= 15 is 0 Å². The Kier molecular flexibility index (Phi) is 7.23. The van der Waals surface area contributed by atoms with Crippen LogP contribution >= 0.6 is 11.6 Å². The molecule has 0 aliphatic heterocycles. The fraction of sp³-hybridized carbons (Fsp3) is 0.353. The Morgan fingerprint density at radius 1 is 1.19 bits per heavy atom. The van der Waals surface area contributed by atoms with Crippen LogP contribution in [0.5, 0.6) is 0 Å². The van der Waals surface area contributed by atoms with Crippen molar-refractivity contribution in [2.24, 2.45) is 4.99 Å². The maximum absolute atomic E-state index is 12.6. The molecule has 1 aromatic carbocycles. The highest BCUT2D eigenvalue weighted by Crippen LogP contribution is 2.27. The summed E-state index contributed by atoms with van der Waals surface area (Å²) >= 11 is 5.88. The Balaban J connectivity index is 1.80. The molecule has 27 heavy (non-hydrogen) atoms. The number of aromatic nitrogens is 2. The van der Waals surface area contributed by atoms with Crippen LogP contribution < -0.4 is 16.0 Å². The van der Waals surface area contributed by atoms with E-state index in [2.05, 4.69) is 30.9 Å². The maximum Gasteiger partial charge on any atom is 0.433 e. The first-order valence-corrected chi connectivity index (χ1v) is 8.54. The molecule has 0 aliphatic rings. The van der Waals surface area contributed by atoms with Gasteiger partial charge in [0.1, 0.15) is 5.69 Å². The molecule has 2 aromatic rings. The van der Waals surface area contributed by atoms with E-state index in [1.54, 1.807) is 7.05 Å². The standard InChI is InChI=1S/C17H20ClF3N6/c1-11(12-3-5-13(18)6-4-12)26-15(22-2)24-9-10-25-16-23-8-7-14(27-16)17(19,20)21/h3-8,11H,9-10H2,1-2H3,(H2,22,24,26)(H,23,25,27). The Labute approximate surface area is 160 Å². The number of aliphatic imine (C=N–C) groups is 1. The topological polar surface area (TPSA) is 74.2 Å². The Morgan fingerprint density at radius 3 is 2.52 bits per heavy atom. The molecule has 1 atom stereocenters. The monoisotopic (exact) mass is 400 g/mol. The minimum atomic E-state index is -4.50. The summed E-state index contributed by atoms with van der Waals surface area (Å²) in [5.41, 5.74) is 0.0556. The minimum Gasteiger partial charge on any atom is -0.355 e. The normalized spacial score (nSPS) is 13.2. The van der Waals surface area contributed by atoms with Crippen molar-refractivity contribution in [3.05, 3.63) is 52.8 Å². The molecule has 1 heterocycles. The lowest BCUT2D eigenvalue weighted by Gasteiger charge is -2.18. The van der Waals surface area contributed by atoms with Crippen LogP contribution in [0.3, 0.4) is 0 Å². The van der Waals surface area contributed by atoms with Crippen LogP contribution in [-0.2, 0) is 6.18 Å². The summed E-state index contributed by atoms with van der Waals surface area (Å²) in [7, 11) is 1.63. The second kappa shape index (κ2) is 9.40. The van der Waals surface area contributed by atoms with Gasteiger partial charge in [0, 0.05) is 31.4 Å². The van der Waals surface area contributed by atoms with Gasteiger partial charge in [0.2, 0.25) is 5.95 Å². The van der Waals surface area contributed by atoms with Crippen molar-refractivity contribution in [2.45, 2.75) is 19.1 Å². The van der Waals surface area contributed by atoms with Crippen molar-refractivity contribution in [3.8, 4) is 0 Å². The van der Waals surface area contributed by atoms with E-state index in [0.717, 1.165) is 17.8 Å². The quantitative estimate of drug-likeness (QED) is 0.393. The molecule has 0 bridgehead atoms. The van der Waals surface area contributed by atoms with E-state index in [-0.39, 0.29) is 12.0 Å². The first kappa shape index (κ1) is 20.8. The lowest BCUT2D eigenvalue weighted by Crippen LogP contribution is -2.40. The number of alkyl halides is 3. The predicted molar refractivity (Wildman–Crippen MR) is 99.9 cm³/mol. The van der Waals surface area contributed by atoms with Crippen LogP contribution in [-0.4, -0.2) is 36.1 Å². The Bertz CT molecular complexity index is 764. The van der Waals surface area contributed by atoms with Crippen molar-refractivity contribution in [1.29, 1.82) is 0 Å². The second-order valence-corrected chi connectivity index (χ2v) is 6.04. The molecule has 1 unspecified atom stereocenters. The van der Waals surface area contributed by atoms with Crippen LogP contribution in [0.25, 0.3) is 0 Å². The molecule has 3 N–H and O–H groups in total. The van der Waals surface area contributed by atoms with Gasteiger partial charge in [-0.1, -0.05) is 23.7 Å². The van der Waals surface area contributed by atoms with Crippen molar-refractivity contribution >= 4 is 23.5 Å². The highest BCUT2D eigenvalue weighted by Gasteiger charge is 2.32. The molecule has 0 fully saturated rings. The van der Waals surface area contributed by atoms with Gasteiger partial charge in [0.15, 0.2) is 5.96 Å². The summed E-state index contributed by atoms with van der Waals surface area (Å²) in [6, 6.07) is 8.27. The summed E-state index contributed by atoms with van der Waals surface area (Å²) < 4.78 is 37.9. The molecular weight excluding hydrogens is 381 g/mol. The maximum atomic E-state index is 12.6. The molecule has 1 aromatic heterocycles. The van der Waals surface area contributed by atoms with Gasteiger partial charge >= 0.3 is 6.18 Å². The van der Waals surface area contributed by atoms with Gasteiger partial charge in [0.25, 0.3) is 0 Å². The van der Waals surface area contributed by atoms with Gasteiger partial charge in [-0.15, -0.1) is 0 Å². The minimum absolute atomic E-state index is 0.00627. The van der Waals surface area contributed by atoms with E-state index < -0.39 is 11.9 Å². The van der Waals surface area contributed by atoms with E-state index in [4.69, 9.17) is 11.6 Å². The molecule has 10 heteroatoms. The van der Waals surface area contributed by atoms with Gasteiger partial charge in [-0.3, -0.25) is 4.99 Å². The zero-order chi connectivity index (χ0) is 19.9. The van der Waals surface area contributed by atoms with Crippen molar-refractivity contribution < 1.29 is 13.2 Å². The molecule has 0 amide bonds. The second-order valence-electron chi connectivity index (χ2n) is 5.61. The number of anilines is 1. The summed E-state index contributed by atoms with van der Waals surface area (Å²) in [5, 5.41) is 9.70. The first-order valence-electron chi connectivity index (χ1n) is 8.16. The average molecular weight is 401 g/mol. The molecule has 0 saturated heterocycles. The number of rotatable bonds is 6. The van der Waals surface area contributed by atoms with Crippen LogP contribution in [0.15, 0.2) is 41.5 Å². The van der Waals surface area contributed by atoms with E-state index in [1.807, 2.05) is 31.2 Å². The van der Waals surface area contributed by atoms with Gasteiger partial charge in [-0.05, 0) is 30.7 Å². The third kappa shape index (κ3) is 6.59. The van der Waals surface area contributed by atoms with Crippen molar-refractivity contribution in [2.75, 3.05) is 25.5 Å². The summed E-state index contributed by atoms with van der Waals surface area (Å²) in [4.78, 5) is 11.3. The lowest BCUT2D eigenvalue weighted by atomic mass is 10.1. The smallest absolute Gasteiger partial charge is 0.355 e. The number of nitrogens with zero attached hydrogens (tertiary/aromatic N) is 3. The van der Waals surface area contributed by atoms with Gasteiger partial charge in [0.05, 0.1) is 6.04 Å². The van der Waals surface area contributed by atoms with Crippen LogP contribution in [0.1, 0.15) is 24.2 Å². The van der Waals surface area contributed by atoms with Crippen molar-refractivity contribution in [1.82, 2.24) is 20.6 Å².